The third-order valence-corrected chi connectivity index (χ3v) is 4.39. The molecule has 0 saturated carbocycles. The van der Waals surface area contributed by atoms with Crippen molar-refractivity contribution in [2.45, 2.75) is 58.9 Å². The van der Waals surface area contributed by atoms with E-state index in [2.05, 4.69) is 31.1 Å². The predicted molar refractivity (Wildman–Crippen MR) is 91.1 cm³/mol. The number of anilines is 1. The van der Waals surface area contributed by atoms with E-state index < -0.39 is 0 Å². The van der Waals surface area contributed by atoms with Crippen LogP contribution in [-0.4, -0.2) is 34.9 Å². The summed E-state index contributed by atoms with van der Waals surface area (Å²) in [5, 5.41) is 3.39. The lowest BCUT2D eigenvalue weighted by Gasteiger charge is -2.35. The van der Waals surface area contributed by atoms with E-state index in [1.54, 1.807) is 6.20 Å². The maximum absolute atomic E-state index is 12.7. The summed E-state index contributed by atoms with van der Waals surface area (Å²) in [6.45, 7) is 8.38. The third kappa shape index (κ3) is 4.46. The second-order valence-corrected chi connectivity index (χ2v) is 6.60. The average Bonchev–Trinajstić information content (AvgIpc) is 2.54. The molecule has 4 nitrogen and oxygen atoms in total. The van der Waals surface area contributed by atoms with Gasteiger partial charge in [0.25, 0.3) is 5.91 Å². The van der Waals surface area contributed by atoms with Gasteiger partial charge in [-0.2, -0.15) is 0 Å². The molecule has 2 rings (SSSR count). The fourth-order valence-corrected chi connectivity index (χ4v) is 3.00. The zero-order valence-electron chi connectivity index (χ0n) is 14.1. The molecular formula is C18H29N3O. The van der Waals surface area contributed by atoms with Gasteiger partial charge in [-0.05, 0) is 50.2 Å². The van der Waals surface area contributed by atoms with Crippen molar-refractivity contribution in [3.8, 4) is 0 Å². The molecule has 0 spiro atoms. The molecular weight excluding hydrogens is 274 g/mol. The maximum atomic E-state index is 12.7. The number of nitrogens with one attached hydrogen (secondary N) is 1. The predicted octanol–water partition coefficient (Wildman–Crippen LogP) is 3.94. The highest BCUT2D eigenvalue weighted by Gasteiger charge is 2.26. The molecule has 1 unspecified atom stereocenters. The molecule has 1 aromatic rings. The Morgan fingerprint density at radius 2 is 2.27 bits per heavy atom. The van der Waals surface area contributed by atoms with E-state index in [4.69, 9.17) is 0 Å². The molecule has 1 aliphatic rings. The number of likely N-dealkylation sites (tertiary alicyclic amines) is 1. The number of hydrogen-bond acceptors (Lipinski definition) is 3. The van der Waals surface area contributed by atoms with Crippen molar-refractivity contribution in [2.75, 3.05) is 18.4 Å². The van der Waals surface area contributed by atoms with Crippen molar-refractivity contribution >= 4 is 11.6 Å². The standard InChI is InChI=1S/C18H29N3O/c1-4-16-7-5-6-12-21(16)18(22)17-13-15(9-11-20-17)19-10-8-14(2)3/h9,11,13-14,16H,4-8,10,12H2,1-3H3,(H,19,20). The number of pyridine rings is 1. The van der Waals surface area contributed by atoms with Gasteiger partial charge >= 0.3 is 0 Å². The average molecular weight is 303 g/mol. The quantitative estimate of drug-likeness (QED) is 0.865. The van der Waals surface area contributed by atoms with Crippen LogP contribution in [0.2, 0.25) is 0 Å². The molecule has 1 atom stereocenters. The molecule has 1 aliphatic heterocycles. The molecule has 0 radical (unpaired) electrons. The first kappa shape index (κ1) is 16.8. The number of carbonyl (C=O) groups excluding carboxylic acids is 1. The van der Waals surface area contributed by atoms with Gasteiger partial charge in [-0.3, -0.25) is 9.78 Å². The van der Waals surface area contributed by atoms with Gasteiger partial charge in [0.15, 0.2) is 0 Å². The zero-order chi connectivity index (χ0) is 15.9. The molecule has 0 aliphatic carbocycles. The Morgan fingerprint density at radius 3 is 3.00 bits per heavy atom. The van der Waals surface area contributed by atoms with Crippen molar-refractivity contribution in [1.29, 1.82) is 0 Å². The Balaban J connectivity index is 2.03. The van der Waals surface area contributed by atoms with Gasteiger partial charge in [-0.25, -0.2) is 0 Å². The summed E-state index contributed by atoms with van der Waals surface area (Å²) >= 11 is 0. The maximum Gasteiger partial charge on any atom is 0.272 e. The highest BCUT2D eigenvalue weighted by Crippen LogP contribution is 2.22. The van der Waals surface area contributed by atoms with Crippen molar-refractivity contribution in [3.05, 3.63) is 24.0 Å². The van der Waals surface area contributed by atoms with Gasteiger partial charge in [-0.1, -0.05) is 20.8 Å². The normalized spacial score (nSPS) is 18.5. The number of nitrogens with zero attached hydrogens (tertiary/aromatic N) is 2. The van der Waals surface area contributed by atoms with Gasteiger partial charge in [0.05, 0.1) is 0 Å². The minimum atomic E-state index is 0.0825. The van der Waals surface area contributed by atoms with Crippen molar-refractivity contribution in [2.24, 2.45) is 5.92 Å². The number of hydrogen-bond donors (Lipinski definition) is 1. The first-order valence-corrected chi connectivity index (χ1v) is 8.62. The summed E-state index contributed by atoms with van der Waals surface area (Å²) in [7, 11) is 0. The van der Waals surface area contributed by atoms with E-state index in [-0.39, 0.29) is 5.91 Å². The summed E-state index contributed by atoms with van der Waals surface area (Å²) in [5.74, 6) is 0.758. The molecule has 4 heteroatoms. The molecule has 1 saturated heterocycles. The van der Waals surface area contributed by atoms with E-state index in [1.807, 2.05) is 17.0 Å². The molecule has 1 fully saturated rings. The fraction of sp³-hybridized carbons (Fsp3) is 0.667. The third-order valence-electron chi connectivity index (χ3n) is 4.39. The molecule has 1 N–H and O–H groups in total. The SMILES string of the molecule is CCC1CCCCN1C(=O)c1cc(NCCC(C)C)ccn1. The van der Waals surface area contributed by atoms with Gasteiger partial charge < -0.3 is 10.2 Å². The highest BCUT2D eigenvalue weighted by molar-refractivity contribution is 5.93. The Morgan fingerprint density at radius 1 is 1.45 bits per heavy atom. The van der Waals surface area contributed by atoms with Crippen LogP contribution in [0.4, 0.5) is 5.69 Å². The Hall–Kier alpha value is -1.58. The largest absolute Gasteiger partial charge is 0.385 e. The van der Waals surface area contributed by atoms with E-state index in [0.29, 0.717) is 17.7 Å². The highest BCUT2D eigenvalue weighted by atomic mass is 16.2. The van der Waals surface area contributed by atoms with Gasteiger partial charge in [0, 0.05) is 31.0 Å². The van der Waals surface area contributed by atoms with Crippen LogP contribution in [-0.2, 0) is 0 Å². The van der Waals surface area contributed by atoms with E-state index >= 15 is 0 Å². The van der Waals surface area contributed by atoms with Crippen LogP contribution in [0, 0.1) is 5.92 Å². The summed E-state index contributed by atoms with van der Waals surface area (Å²) in [6.07, 6.45) is 7.33. The molecule has 0 bridgehead atoms. The second-order valence-electron chi connectivity index (χ2n) is 6.60. The van der Waals surface area contributed by atoms with Gasteiger partial charge in [0.2, 0.25) is 0 Å². The Bertz CT molecular complexity index is 487. The number of carbonyl (C=O) groups is 1. The number of aromatic nitrogens is 1. The molecule has 0 aromatic carbocycles. The lowest BCUT2D eigenvalue weighted by Crippen LogP contribution is -2.43. The van der Waals surface area contributed by atoms with Crippen molar-refractivity contribution < 1.29 is 4.79 Å². The van der Waals surface area contributed by atoms with Crippen LogP contribution in [0.25, 0.3) is 0 Å². The van der Waals surface area contributed by atoms with Crippen LogP contribution >= 0.6 is 0 Å². The Kier molecular flexibility index (Phi) is 6.22. The Labute approximate surface area is 134 Å². The van der Waals surface area contributed by atoms with Crippen LogP contribution < -0.4 is 5.32 Å². The van der Waals surface area contributed by atoms with Crippen molar-refractivity contribution in [3.63, 3.8) is 0 Å². The fourth-order valence-electron chi connectivity index (χ4n) is 3.00. The van der Waals surface area contributed by atoms with Crippen LogP contribution in [0.1, 0.15) is 63.4 Å². The second kappa shape index (κ2) is 8.16. The van der Waals surface area contributed by atoms with Gasteiger partial charge in [-0.15, -0.1) is 0 Å². The monoisotopic (exact) mass is 303 g/mol. The smallest absolute Gasteiger partial charge is 0.272 e. The molecule has 1 amide bonds. The first-order valence-electron chi connectivity index (χ1n) is 8.62. The molecule has 122 valence electrons. The van der Waals surface area contributed by atoms with E-state index in [0.717, 1.165) is 44.5 Å². The summed E-state index contributed by atoms with van der Waals surface area (Å²) < 4.78 is 0. The molecule has 22 heavy (non-hydrogen) atoms. The molecule has 1 aromatic heterocycles. The van der Waals surface area contributed by atoms with E-state index in [1.165, 1.54) is 6.42 Å². The number of rotatable bonds is 6. The van der Waals surface area contributed by atoms with E-state index in [9.17, 15) is 4.79 Å². The van der Waals surface area contributed by atoms with Gasteiger partial charge in [0.1, 0.15) is 5.69 Å². The summed E-state index contributed by atoms with van der Waals surface area (Å²) in [4.78, 5) is 19.1. The minimum absolute atomic E-state index is 0.0825. The molecule has 2 heterocycles. The van der Waals surface area contributed by atoms with Crippen molar-refractivity contribution in [1.82, 2.24) is 9.88 Å². The summed E-state index contributed by atoms with van der Waals surface area (Å²) in [6, 6.07) is 4.20. The zero-order valence-corrected chi connectivity index (χ0v) is 14.1. The topological polar surface area (TPSA) is 45.2 Å². The lowest BCUT2D eigenvalue weighted by molar-refractivity contribution is 0.0602. The van der Waals surface area contributed by atoms with Crippen LogP contribution in [0.5, 0.6) is 0 Å². The summed E-state index contributed by atoms with van der Waals surface area (Å²) in [5.41, 5.74) is 1.55. The number of piperidine rings is 1. The number of amides is 1. The first-order chi connectivity index (χ1) is 10.6. The minimum Gasteiger partial charge on any atom is -0.385 e. The van der Waals surface area contributed by atoms with Crippen LogP contribution in [0.3, 0.4) is 0 Å². The lowest BCUT2D eigenvalue weighted by atomic mass is 9.99. The van der Waals surface area contributed by atoms with Crippen LogP contribution in [0.15, 0.2) is 18.3 Å².